The Hall–Kier alpha value is -2.35. The maximum Gasteiger partial charge on any atom is 0.358 e. The number of hydrogen-bond donors (Lipinski definition) is 1. The molecule has 1 aliphatic carbocycles. The van der Waals surface area contributed by atoms with Gasteiger partial charge >= 0.3 is 5.97 Å². The SMILES string of the molecule is COC(=O)c1cc(NS(=O)(=O)c2ccc3c(c2)CCC3)n(C)n1. The van der Waals surface area contributed by atoms with E-state index in [1.54, 1.807) is 19.2 Å². The van der Waals surface area contributed by atoms with Gasteiger partial charge in [0.05, 0.1) is 12.0 Å². The van der Waals surface area contributed by atoms with Gasteiger partial charge in [0.1, 0.15) is 5.82 Å². The number of nitrogens with zero attached hydrogens (tertiary/aromatic N) is 2. The second-order valence-corrected chi connectivity index (χ2v) is 7.10. The van der Waals surface area contributed by atoms with Crippen LogP contribution in [0.2, 0.25) is 0 Å². The molecule has 23 heavy (non-hydrogen) atoms. The summed E-state index contributed by atoms with van der Waals surface area (Å²) in [7, 11) is -0.949. The van der Waals surface area contributed by atoms with Crippen molar-refractivity contribution in [3.05, 3.63) is 41.1 Å². The number of fused-ring (bicyclic) bond motifs is 1. The van der Waals surface area contributed by atoms with E-state index in [9.17, 15) is 13.2 Å². The van der Waals surface area contributed by atoms with Gasteiger partial charge in [-0.3, -0.25) is 9.40 Å². The number of carbonyl (C=O) groups is 1. The Kier molecular flexibility index (Phi) is 3.85. The number of aromatic nitrogens is 2. The van der Waals surface area contributed by atoms with Gasteiger partial charge in [0.15, 0.2) is 5.69 Å². The summed E-state index contributed by atoms with van der Waals surface area (Å²) in [5.74, 6) is -0.422. The van der Waals surface area contributed by atoms with E-state index >= 15 is 0 Å². The summed E-state index contributed by atoms with van der Waals surface area (Å²) in [4.78, 5) is 11.7. The molecule has 7 nitrogen and oxygen atoms in total. The summed E-state index contributed by atoms with van der Waals surface area (Å²) < 4.78 is 33.4. The zero-order chi connectivity index (χ0) is 16.6. The molecule has 0 saturated heterocycles. The van der Waals surface area contributed by atoms with Crippen LogP contribution in [0.1, 0.15) is 28.0 Å². The maximum atomic E-state index is 12.5. The van der Waals surface area contributed by atoms with Crippen molar-refractivity contribution in [2.24, 2.45) is 7.05 Å². The van der Waals surface area contributed by atoms with Gasteiger partial charge < -0.3 is 4.74 Å². The van der Waals surface area contributed by atoms with E-state index in [0.717, 1.165) is 24.8 Å². The zero-order valence-electron chi connectivity index (χ0n) is 12.9. The smallest absolute Gasteiger partial charge is 0.358 e. The lowest BCUT2D eigenvalue weighted by atomic mass is 10.1. The normalized spacial score (nSPS) is 13.7. The van der Waals surface area contributed by atoms with E-state index in [4.69, 9.17) is 0 Å². The number of methoxy groups -OCH3 is 1. The molecular formula is C15H17N3O4S. The molecule has 0 radical (unpaired) electrons. The van der Waals surface area contributed by atoms with E-state index in [1.807, 2.05) is 6.07 Å². The molecule has 0 atom stereocenters. The number of sulfonamides is 1. The largest absolute Gasteiger partial charge is 0.464 e. The average molecular weight is 335 g/mol. The van der Waals surface area contributed by atoms with E-state index in [2.05, 4.69) is 14.6 Å². The van der Waals surface area contributed by atoms with Crippen LogP contribution in [-0.4, -0.2) is 31.3 Å². The second-order valence-electron chi connectivity index (χ2n) is 5.42. The lowest BCUT2D eigenvalue weighted by Crippen LogP contribution is -2.15. The summed E-state index contributed by atoms with van der Waals surface area (Å²) in [6.45, 7) is 0. The van der Waals surface area contributed by atoms with Gasteiger partial charge in [0.25, 0.3) is 10.0 Å². The summed E-state index contributed by atoms with van der Waals surface area (Å²) in [5, 5.41) is 3.93. The van der Waals surface area contributed by atoms with Gasteiger partial charge in [0, 0.05) is 13.1 Å². The van der Waals surface area contributed by atoms with E-state index in [-0.39, 0.29) is 16.4 Å². The molecule has 0 aliphatic heterocycles. The molecule has 1 aliphatic rings. The number of nitrogens with one attached hydrogen (secondary N) is 1. The number of aryl methyl sites for hydroxylation is 3. The monoisotopic (exact) mass is 335 g/mol. The van der Waals surface area contributed by atoms with Gasteiger partial charge in [-0.1, -0.05) is 6.07 Å². The fourth-order valence-corrected chi connectivity index (χ4v) is 3.81. The molecule has 0 saturated carbocycles. The molecule has 1 aromatic heterocycles. The lowest BCUT2D eigenvalue weighted by Gasteiger charge is -2.09. The summed E-state index contributed by atoms with van der Waals surface area (Å²) in [6.07, 6.45) is 2.95. The molecular weight excluding hydrogens is 318 g/mol. The standard InChI is InChI=1S/C15H17N3O4S/c1-18-14(9-13(16-18)15(19)22-2)17-23(20,21)12-7-6-10-4-3-5-11(10)8-12/h6-9,17H,3-5H2,1-2H3. The van der Waals surface area contributed by atoms with Gasteiger partial charge in [-0.2, -0.15) is 5.10 Å². The minimum atomic E-state index is -3.74. The number of ether oxygens (including phenoxy) is 1. The number of anilines is 1. The van der Waals surface area contributed by atoms with Crippen LogP contribution in [0.25, 0.3) is 0 Å². The molecule has 1 N–H and O–H groups in total. The molecule has 0 fully saturated rings. The van der Waals surface area contributed by atoms with Crippen molar-refractivity contribution < 1.29 is 17.9 Å². The lowest BCUT2D eigenvalue weighted by molar-refractivity contribution is 0.0593. The van der Waals surface area contributed by atoms with E-state index in [0.29, 0.717) is 0 Å². The summed E-state index contributed by atoms with van der Waals surface area (Å²) in [5.41, 5.74) is 2.33. The molecule has 1 heterocycles. The first-order valence-corrected chi connectivity index (χ1v) is 8.66. The van der Waals surface area contributed by atoms with Crippen LogP contribution in [0.5, 0.6) is 0 Å². The number of hydrogen-bond acceptors (Lipinski definition) is 5. The van der Waals surface area contributed by atoms with Gasteiger partial charge in [0.2, 0.25) is 0 Å². The number of carbonyl (C=O) groups excluding carboxylic acids is 1. The van der Waals surface area contributed by atoms with Crippen LogP contribution < -0.4 is 4.72 Å². The molecule has 2 aromatic rings. The van der Waals surface area contributed by atoms with Gasteiger partial charge in [-0.25, -0.2) is 13.2 Å². The molecule has 0 unspecified atom stereocenters. The maximum absolute atomic E-state index is 12.5. The van der Waals surface area contributed by atoms with Crippen molar-refractivity contribution in [2.75, 3.05) is 11.8 Å². The fraction of sp³-hybridized carbons (Fsp3) is 0.333. The first-order chi connectivity index (χ1) is 10.9. The first kappa shape index (κ1) is 15.5. The van der Waals surface area contributed by atoms with E-state index in [1.165, 1.54) is 23.4 Å². The Morgan fingerprint density at radius 3 is 2.74 bits per heavy atom. The van der Waals surface area contributed by atoms with Gasteiger partial charge in [-0.15, -0.1) is 0 Å². The predicted molar refractivity (Wildman–Crippen MR) is 83.8 cm³/mol. The Morgan fingerprint density at radius 1 is 1.26 bits per heavy atom. The third kappa shape index (κ3) is 2.94. The van der Waals surface area contributed by atoms with Crippen molar-refractivity contribution in [3.63, 3.8) is 0 Å². The summed E-state index contributed by atoms with van der Waals surface area (Å²) in [6, 6.07) is 6.52. The highest BCUT2D eigenvalue weighted by atomic mass is 32.2. The van der Waals surface area contributed by atoms with Crippen molar-refractivity contribution in [1.82, 2.24) is 9.78 Å². The molecule has 8 heteroatoms. The Labute approximate surface area is 134 Å². The molecule has 1 aromatic carbocycles. The minimum absolute atomic E-state index is 0.0432. The van der Waals surface area contributed by atoms with Crippen molar-refractivity contribution >= 4 is 21.8 Å². The molecule has 0 spiro atoms. The first-order valence-electron chi connectivity index (χ1n) is 7.17. The highest BCUT2D eigenvalue weighted by Gasteiger charge is 2.21. The third-order valence-electron chi connectivity index (χ3n) is 3.89. The average Bonchev–Trinajstić information content (AvgIpc) is 3.12. The Balaban J connectivity index is 1.89. The number of rotatable bonds is 4. The van der Waals surface area contributed by atoms with Crippen molar-refractivity contribution in [1.29, 1.82) is 0 Å². The zero-order valence-corrected chi connectivity index (χ0v) is 13.7. The van der Waals surface area contributed by atoms with Crippen molar-refractivity contribution in [3.8, 4) is 0 Å². The van der Waals surface area contributed by atoms with Gasteiger partial charge in [-0.05, 0) is 42.5 Å². The van der Waals surface area contributed by atoms with Crippen molar-refractivity contribution in [2.45, 2.75) is 24.2 Å². The van der Waals surface area contributed by atoms with Crippen LogP contribution in [0.4, 0.5) is 5.82 Å². The van der Waals surface area contributed by atoms with E-state index < -0.39 is 16.0 Å². The van der Waals surface area contributed by atoms with Crippen LogP contribution in [0, 0.1) is 0 Å². The summed E-state index contributed by atoms with van der Waals surface area (Å²) >= 11 is 0. The third-order valence-corrected chi connectivity index (χ3v) is 5.25. The molecule has 0 bridgehead atoms. The minimum Gasteiger partial charge on any atom is -0.464 e. The van der Waals surface area contributed by atoms with Crippen LogP contribution in [-0.2, 0) is 34.6 Å². The second kappa shape index (κ2) is 5.69. The quantitative estimate of drug-likeness (QED) is 0.855. The molecule has 122 valence electrons. The fourth-order valence-electron chi connectivity index (χ4n) is 2.68. The number of benzene rings is 1. The molecule has 0 amide bonds. The Morgan fingerprint density at radius 2 is 2.00 bits per heavy atom. The van der Waals surface area contributed by atoms with Crippen LogP contribution in [0.3, 0.4) is 0 Å². The molecule has 3 rings (SSSR count). The topological polar surface area (TPSA) is 90.3 Å². The highest BCUT2D eigenvalue weighted by Crippen LogP contribution is 2.26. The predicted octanol–water partition coefficient (Wildman–Crippen LogP) is 1.50. The van der Waals surface area contributed by atoms with Crippen LogP contribution in [0.15, 0.2) is 29.2 Å². The van der Waals surface area contributed by atoms with Crippen LogP contribution >= 0.6 is 0 Å². The highest BCUT2D eigenvalue weighted by molar-refractivity contribution is 7.92. The Bertz CT molecular complexity index is 871. The number of esters is 1.